The maximum Gasteiger partial charge on any atom is 0.246 e. The summed E-state index contributed by atoms with van der Waals surface area (Å²) in [5.41, 5.74) is 4.19. The van der Waals surface area contributed by atoms with Gasteiger partial charge in [-0.05, 0) is 79.9 Å². The first-order valence-electron chi connectivity index (χ1n) is 14.6. The SMILES string of the molecule is O=C(/C=C/CN1CCCCC1)N1CCc2c(sc3ncnc(Nc4ccc5c(ccn5Cc5cccc(F)c5)c4)c23)C1. The summed E-state index contributed by atoms with van der Waals surface area (Å²) < 4.78 is 15.8. The molecule has 0 radical (unpaired) electrons. The summed E-state index contributed by atoms with van der Waals surface area (Å²) in [5, 5.41) is 5.68. The molecular weight excluding hydrogens is 547 g/mol. The summed E-state index contributed by atoms with van der Waals surface area (Å²) in [4.78, 5) is 28.6. The molecule has 7 rings (SSSR count). The summed E-state index contributed by atoms with van der Waals surface area (Å²) in [7, 11) is 0. The van der Waals surface area contributed by atoms with Crippen molar-refractivity contribution in [2.24, 2.45) is 0 Å². The minimum Gasteiger partial charge on any atom is -0.343 e. The largest absolute Gasteiger partial charge is 0.343 e. The molecule has 1 saturated heterocycles. The number of halogens is 1. The zero-order valence-corrected chi connectivity index (χ0v) is 24.2. The Kier molecular flexibility index (Phi) is 7.44. The molecule has 2 aliphatic rings. The Morgan fingerprint density at radius 3 is 2.83 bits per heavy atom. The Hall–Kier alpha value is -4.08. The number of carbonyl (C=O) groups is 1. The van der Waals surface area contributed by atoms with Crippen LogP contribution in [0.2, 0.25) is 0 Å². The average molecular weight is 581 g/mol. The lowest BCUT2D eigenvalue weighted by Crippen LogP contribution is -2.34. The van der Waals surface area contributed by atoms with E-state index in [2.05, 4.69) is 43.0 Å². The van der Waals surface area contributed by atoms with Gasteiger partial charge in [0.05, 0.1) is 11.9 Å². The van der Waals surface area contributed by atoms with Crippen LogP contribution in [0.4, 0.5) is 15.9 Å². The number of likely N-dealkylation sites (tertiary alicyclic amines) is 1. The van der Waals surface area contributed by atoms with E-state index in [-0.39, 0.29) is 11.7 Å². The van der Waals surface area contributed by atoms with Crippen LogP contribution in [0, 0.1) is 5.82 Å². The highest BCUT2D eigenvalue weighted by molar-refractivity contribution is 7.19. The maximum absolute atomic E-state index is 13.7. The van der Waals surface area contributed by atoms with Gasteiger partial charge in [0.1, 0.15) is 22.8 Å². The fraction of sp³-hybridized carbons (Fsp3) is 0.303. The van der Waals surface area contributed by atoms with Crippen LogP contribution in [0.3, 0.4) is 0 Å². The van der Waals surface area contributed by atoms with Gasteiger partial charge < -0.3 is 14.8 Å². The van der Waals surface area contributed by atoms with Crippen LogP contribution in [-0.2, 0) is 24.3 Å². The van der Waals surface area contributed by atoms with Crippen LogP contribution >= 0.6 is 11.3 Å². The standard InChI is InChI=1S/C33H33FN6OS/c34-25-7-4-6-23(18-25)20-39-16-11-24-19-26(9-10-28(24)39)37-32-31-27-12-17-40(21-29(27)42-33(31)36-22-35-32)30(41)8-5-15-38-13-2-1-3-14-38/h4-11,16,18-19,22H,1-3,12-15,17,20-21H2,(H,35,36,37)/b8-5+. The first kappa shape index (κ1) is 26.8. The van der Waals surface area contributed by atoms with E-state index in [0.29, 0.717) is 19.6 Å². The lowest BCUT2D eigenvalue weighted by Gasteiger charge is -2.27. The molecule has 42 heavy (non-hydrogen) atoms. The molecule has 7 nitrogen and oxygen atoms in total. The number of hydrogen-bond donors (Lipinski definition) is 1. The highest BCUT2D eigenvalue weighted by Gasteiger charge is 2.25. The molecule has 1 fully saturated rings. The number of hydrogen-bond acceptors (Lipinski definition) is 6. The second kappa shape index (κ2) is 11.7. The van der Waals surface area contributed by atoms with Gasteiger partial charge in [-0.25, -0.2) is 14.4 Å². The predicted octanol–water partition coefficient (Wildman–Crippen LogP) is 6.50. The highest BCUT2D eigenvalue weighted by atomic mass is 32.1. The summed E-state index contributed by atoms with van der Waals surface area (Å²) in [6.45, 7) is 5.00. The number of benzene rings is 2. The molecule has 3 aromatic heterocycles. The summed E-state index contributed by atoms with van der Waals surface area (Å²) >= 11 is 1.65. The van der Waals surface area contributed by atoms with Gasteiger partial charge >= 0.3 is 0 Å². The Labute approximate surface area is 248 Å². The molecule has 214 valence electrons. The van der Waals surface area contributed by atoms with Gasteiger partial charge in [0.2, 0.25) is 5.91 Å². The number of anilines is 2. The topological polar surface area (TPSA) is 66.3 Å². The Morgan fingerprint density at radius 1 is 1.05 bits per heavy atom. The summed E-state index contributed by atoms with van der Waals surface area (Å²) in [6.07, 6.45) is 12.0. The van der Waals surface area contributed by atoms with Crippen molar-refractivity contribution in [2.45, 2.75) is 38.8 Å². The number of rotatable bonds is 7. The van der Waals surface area contributed by atoms with Crippen LogP contribution in [0.5, 0.6) is 0 Å². The predicted molar refractivity (Wildman–Crippen MR) is 167 cm³/mol. The molecule has 9 heteroatoms. The van der Waals surface area contributed by atoms with Crippen LogP contribution in [0.15, 0.2) is 73.2 Å². The number of thiophene rings is 1. The van der Waals surface area contributed by atoms with Crippen molar-refractivity contribution in [3.63, 3.8) is 0 Å². The van der Waals surface area contributed by atoms with Gasteiger partial charge in [-0.1, -0.05) is 24.6 Å². The number of carbonyl (C=O) groups excluding carboxylic acids is 1. The summed E-state index contributed by atoms with van der Waals surface area (Å²) in [6, 6.07) is 15.0. The van der Waals surface area contributed by atoms with E-state index in [4.69, 9.17) is 0 Å². The molecule has 0 atom stereocenters. The van der Waals surface area contributed by atoms with Crippen LogP contribution in [0.1, 0.15) is 35.3 Å². The third kappa shape index (κ3) is 5.54. The van der Waals surface area contributed by atoms with Crippen LogP contribution in [0.25, 0.3) is 21.1 Å². The molecular formula is C33H33FN6OS. The van der Waals surface area contributed by atoms with Crippen molar-refractivity contribution < 1.29 is 9.18 Å². The molecule has 0 spiro atoms. The minimum atomic E-state index is -0.221. The number of piperidine rings is 1. The zero-order chi connectivity index (χ0) is 28.5. The maximum atomic E-state index is 13.7. The molecule has 5 aromatic rings. The van der Waals surface area contributed by atoms with E-state index in [1.54, 1.807) is 35.9 Å². The molecule has 1 amide bonds. The van der Waals surface area contributed by atoms with Crippen molar-refractivity contribution in [1.29, 1.82) is 0 Å². The summed E-state index contributed by atoms with van der Waals surface area (Å²) in [5.74, 6) is 0.649. The van der Waals surface area contributed by atoms with Crippen molar-refractivity contribution >= 4 is 49.9 Å². The third-order valence-corrected chi connectivity index (χ3v) is 9.42. The average Bonchev–Trinajstić information content (AvgIpc) is 3.58. The van der Waals surface area contributed by atoms with Crippen LogP contribution < -0.4 is 5.32 Å². The van der Waals surface area contributed by atoms with E-state index < -0.39 is 0 Å². The monoisotopic (exact) mass is 580 g/mol. The highest BCUT2D eigenvalue weighted by Crippen LogP contribution is 2.38. The molecule has 0 unspecified atom stereocenters. The first-order valence-corrected chi connectivity index (χ1v) is 15.5. The Bertz CT molecular complexity index is 1790. The molecule has 2 aromatic carbocycles. The van der Waals surface area contributed by atoms with Gasteiger partial charge in [0, 0.05) is 53.4 Å². The quantitative estimate of drug-likeness (QED) is 0.223. The van der Waals surface area contributed by atoms with E-state index in [0.717, 1.165) is 64.2 Å². The third-order valence-electron chi connectivity index (χ3n) is 8.30. The van der Waals surface area contributed by atoms with E-state index in [1.807, 2.05) is 29.3 Å². The minimum absolute atomic E-state index is 0.0807. The van der Waals surface area contributed by atoms with Crippen molar-refractivity contribution in [3.05, 3.63) is 95.0 Å². The fourth-order valence-electron chi connectivity index (χ4n) is 6.15. The van der Waals surface area contributed by atoms with E-state index in [9.17, 15) is 9.18 Å². The van der Waals surface area contributed by atoms with Crippen LogP contribution in [-0.4, -0.2) is 56.4 Å². The van der Waals surface area contributed by atoms with Crippen molar-refractivity contribution in [3.8, 4) is 0 Å². The normalized spacial score (nSPS) is 16.0. The molecule has 2 aliphatic heterocycles. The Balaban J connectivity index is 1.07. The van der Waals surface area contributed by atoms with Gasteiger partial charge in [0.25, 0.3) is 0 Å². The second-order valence-corrected chi connectivity index (χ2v) is 12.2. The van der Waals surface area contributed by atoms with Gasteiger partial charge in [-0.15, -0.1) is 11.3 Å². The molecule has 5 heterocycles. The molecule has 0 bridgehead atoms. The fourth-order valence-corrected chi connectivity index (χ4v) is 7.35. The first-order chi connectivity index (χ1) is 20.6. The van der Waals surface area contributed by atoms with Gasteiger partial charge in [0.15, 0.2) is 0 Å². The van der Waals surface area contributed by atoms with E-state index in [1.165, 1.54) is 35.8 Å². The van der Waals surface area contributed by atoms with Gasteiger partial charge in [-0.2, -0.15) is 0 Å². The van der Waals surface area contributed by atoms with Gasteiger partial charge in [-0.3, -0.25) is 9.69 Å². The van der Waals surface area contributed by atoms with E-state index >= 15 is 0 Å². The van der Waals surface area contributed by atoms with Crippen molar-refractivity contribution in [2.75, 3.05) is 31.5 Å². The number of fused-ring (bicyclic) bond motifs is 4. The number of nitrogens with one attached hydrogen (secondary N) is 1. The second-order valence-electron chi connectivity index (χ2n) is 11.2. The lowest BCUT2D eigenvalue weighted by atomic mass is 10.0. The number of amides is 1. The zero-order valence-electron chi connectivity index (χ0n) is 23.4. The molecule has 0 saturated carbocycles. The van der Waals surface area contributed by atoms with Crippen molar-refractivity contribution in [1.82, 2.24) is 24.3 Å². The Morgan fingerprint density at radius 2 is 1.95 bits per heavy atom. The lowest BCUT2D eigenvalue weighted by molar-refractivity contribution is -0.126. The smallest absolute Gasteiger partial charge is 0.246 e. The molecule has 0 aliphatic carbocycles. The molecule has 1 N–H and O–H groups in total. The number of aromatic nitrogens is 3. The number of nitrogens with zero attached hydrogens (tertiary/aromatic N) is 5.